The molecular weight excluding hydrogens is 564 g/mol. The first kappa shape index (κ1) is 30.6. The molecule has 0 aliphatic heterocycles. The molecule has 0 unspecified atom stereocenters. The normalized spacial score (nSPS) is 12.0. The van der Waals surface area contributed by atoms with Crippen molar-refractivity contribution < 1.29 is 45.7 Å². The predicted molar refractivity (Wildman–Crippen MR) is 124 cm³/mol. The fourth-order valence-electron chi connectivity index (χ4n) is 2.60. The van der Waals surface area contributed by atoms with E-state index >= 15 is 0 Å². The molecular formula is C20H19ClF4N6O6S. The maximum atomic E-state index is 13.3. The average molecular weight is 583 g/mol. The molecule has 0 saturated carbocycles. The van der Waals surface area contributed by atoms with E-state index in [1.54, 1.807) is 12.1 Å². The molecule has 6 N–H and O–H groups in total. The van der Waals surface area contributed by atoms with Crippen molar-refractivity contribution in [3.8, 4) is 0 Å². The summed E-state index contributed by atoms with van der Waals surface area (Å²) < 4.78 is 72.3. The minimum atomic E-state index is -5.08. The molecule has 0 spiro atoms. The zero-order chi connectivity index (χ0) is 28.5. The lowest BCUT2D eigenvalue weighted by atomic mass is 10.1. The number of rotatable bonds is 8. The quantitative estimate of drug-likeness (QED) is 0.0866. The molecule has 1 heterocycles. The molecule has 3 rings (SSSR count). The van der Waals surface area contributed by atoms with Gasteiger partial charge in [-0.15, -0.1) is 0 Å². The van der Waals surface area contributed by atoms with Crippen molar-refractivity contribution in [3.05, 3.63) is 70.3 Å². The summed E-state index contributed by atoms with van der Waals surface area (Å²) in [6, 6.07) is 10.1. The van der Waals surface area contributed by atoms with Crippen LogP contribution in [0.1, 0.15) is 17.0 Å². The smallest absolute Gasteiger partial charge is 0.475 e. The Morgan fingerprint density at radius 3 is 2.32 bits per heavy atom. The van der Waals surface area contributed by atoms with Crippen molar-refractivity contribution in [2.45, 2.75) is 24.0 Å². The number of carboxylic acid groups (broad SMARTS) is 1. The number of alkyl halides is 3. The third-order valence-corrected chi connectivity index (χ3v) is 5.63. The van der Waals surface area contributed by atoms with Crippen LogP contribution in [0.5, 0.6) is 0 Å². The summed E-state index contributed by atoms with van der Waals surface area (Å²) >= 11 is 5.74. The number of nitrogens with two attached hydrogens (primary N) is 1. The standard InChI is InChI=1S/C18H18ClFN6O4S.C2HF3O2/c19-14-9-12(3-6-15(14)20)23-18(24-27)17-16(25-30-26-17)10-22-8-7-11-1-4-13(5-2-11)31(21,28)29;3-2(4,5)1(6)7/h1-6,9,22,27H,7-8,10H2,(H,23,24)(H2,21,28,29);(H,6,7). The van der Waals surface area contributed by atoms with Gasteiger partial charge in [0.15, 0.2) is 11.5 Å². The molecule has 0 fully saturated rings. The van der Waals surface area contributed by atoms with Crippen LogP contribution in [-0.4, -0.2) is 53.6 Å². The number of aliphatic imine (C=N–C) groups is 1. The maximum Gasteiger partial charge on any atom is 0.490 e. The Morgan fingerprint density at radius 1 is 1.16 bits per heavy atom. The first-order valence-electron chi connectivity index (χ1n) is 10.1. The first-order valence-corrected chi connectivity index (χ1v) is 12.0. The molecule has 0 radical (unpaired) electrons. The van der Waals surface area contributed by atoms with Crippen LogP contribution in [0.4, 0.5) is 23.2 Å². The first-order chi connectivity index (χ1) is 17.7. The third-order valence-electron chi connectivity index (χ3n) is 4.41. The van der Waals surface area contributed by atoms with Crippen molar-refractivity contribution in [1.82, 2.24) is 21.1 Å². The van der Waals surface area contributed by atoms with Crippen LogP contribution in [0.25, 0.3) is 0 Å². The highest BCUT2D eigenvalue weighted by atomic mass is 35.5. The molecule has 0 aliphatic rings. The van der Waals surface area contributed by atoms with Crippen molar-refractivity contribution in [2.24, 2.45) is 10.1 Å². The Morgan fingerprint density at radius 2 is 1.79 bits per heavy atom. The summed E-state index contributed by atoms with van der Waals surface area (Å²) in [5, 5.41) is 32.2. The molecule has 0 amide bonds. The van der Waals surface area contributed by atoms with Crippen molar-refractivity contribution >= 4 is 39.1 Å². The van der Waals surface area contributed by atoms with E-state index in [0.29, 0.717) is 18.7 Å². The number of aromatic nitrogens is 2. The highest BCUT2D eigenvalue weighted by molar-refractivity contribution is 7.89. The van der Waals surface area contributed by atoms with Gasteiger partial charge >= 0.3 is 12.1 Å². The van der Waals surface area contributed by atoms with Crippen molar-refractivity contribution in [2.75, 3.05) is 6.54 Å². The Kier molecular flexibility index (Phi) is 10.7. The number of halogens is 5. The molecule has 1 aromatic heterocycles. The molecule has 2 aromatic carbocycles. The summed E-state index contributed by atoms with van der Waals surface area (Å²) in [4.78, 5) is 13.1. The lowest BCUT2D eigenvalue weighted by Gasteiger charge is -2.06. The lowest BCUT2D eigenvalue weighted by molar-refractivity contribution is -0.192. The van der Waals surface area contributed by atoms with Crippen LogP contribution >= 0.6 is 11.6 Å². The maximum absolute atomic E-state index is 13.3. The lowest BCUT2D eigenvalue weighted by Crippen LogP contribution is -2.24. The highest BCUT2D eigenvalue weighted by Crippen LogP contribution is 2.22. The monoisotopic (exact) mass is 582 g/mol. The van der Waals surface area contributed by atoms with Crippen LogP contribution in [0.15, 0.2) is 57.0 Å². The van der Waals surface area contributed by atoms with Crippen LogP contribution in [-0.2, 0) is 27.8 Å². The number of primary sulfonamides is 1. The number of amidine groups is 1. The number of nitrogens with one attached hydrogen (secondary N) is 2. The minimum absolute atomic E-state index is 0.0493. The average Bonchev–Trinajstić information content (AvgIpc) is 3.30. The van der Waals surface area contributed by atoms with Gasteiger partial charge < -0.3 is 10.4 Å². The van der Waals surface area contributed by atoms with Gasteiger partial charge in [-0.1, -0.05) is 28.9 Å². The van der Waals surface area contributed by atoms with E-state index < -0.39 is 28.0 Å². The number of nitrogens with zero attached hydrogens (tertiary/aromatic N) is 3. The summed E-state index contributed by atoms with van der Waals surface area (Å²) in [6.45, 7) is 0.784. The number of hydrogen-bond donors (Lipinski definition) is 5. The van der Waals surface area contributed by atoms with E-state index in [0.717, 1.165) is 11.6 Å². The third kappa shape index (κ3) is 9.34. The topological polar surface area (TPSA) is 193 Å². The SMILES string of the molecule is NS(=O)(=O)c1ccc(CCNCc2nonc2C(=Nc2ccc(F)c(Cl)c2)NO)cc1.O=C(O)C(F)(F)F. The van der Waals surface area contributed by atoms with Gasteiger partial charge in [0.25, 0.3) is 0 Å². The van der Waals surface area contributed by atoms with Crippen LogP contribution in [0.3, 0.4) is 0 Å². The second kappa shape index (κ2) is 13.2. The number of hydrogen-bond acceptors (Lipinski definition) is 9. The summed E-state index contributed by atoms with van der Waals surface area (Å²) in [7, 11) is -3.72. The molecule has 206 valence electrons. The predicted octanol–water partition coefficient (Wildman–Crippen LogP) is 2.53. The Labute approximate surface area is 217 Å². The van der Waals surface area contributed by atoms with E-state index in [4.69, 9.17) is 31.3 Å². The van der Waals surface area contributed by atoms with Gasteiger partial charge in [0, 0.05) is 6.54 Å². The number of carboxylic acids is 1. The van der Waals surface area contributed by atoms with Gasteiger partial charge in [0.2, 0.25) is 10.0 Å². The van der Waals surface area contributed by atoms with E-state index in [-0.39, 0.29) is 33.7 Å². The largest absolute Gasteiger partial charge is 0.490 e. The molecule has 0 bridgehead atoms. The highest BCUT2D eigenvalue weighted by Gasteiger charge is 2.38. The zero-order valence-corrected chi connectivity index (χ0v) is 20.5. The van der Waals surface area contributed by atoms with Gasteiger partial charge in [0.1, 0.15) is 11.5 Å². The second-order valence-electron chi connectivity index (χ2n) is 7.15. The Balaban J connectivity index is 0.000000638. The fourth-order valence-corrected chi connectivity index (χ4v) is 3.29. The number of aliphatic carboxylic acids is 1. The van der Waals surface area contributed by atoms with Gasteiger partial charge in [0.05, 0.1) is 15.6 Å². The molecule has 3 aromatic rings. The second-order valence-corrected chi connectivity index (χ2v) is 9.12. The van der Waals surface area contributed by atoms with Crippen LogP contribution in [0, 0.1) is 5.82 Å². The van der Waals surface area contributed by atoms with E-state index in [1.165, 1.54) is 24.3 Å². The van der Waals surface area contributed by atoms with Gasteiger partial charge in [-0.25, -0.2) is 32.4 Å². The Bertz CT molecular complexity index is 1380. The molecule has 38 heavy (non-hydrogen) atoms. The van der Waals surface area contributed by atoms with Crippen molar-refractivity contribution in [1.29, 1.82) is 0 Å². The Hall–Kier alpha value is -3.64. The summed E-state index contributed by atoms with van der Waals surface area (Å²) in [6.07, 6.45) is -4.47. The number of carbonyl (C=O) groups is 1. The molecule has 18 heteroatoms. The van der Waals surface area contributed by atoms with E-state index in [1.807, 2.05) is 5.48 Å². The van der Waals surface area contributed by atoms with E-state index in [9.17, 15) is 31.2 Å². The van der Waals surface area contributed by atoms with Gasteiger partial charge in [-0.05, 0) is 54.0 Å². The molecule has 0 aliphatic carbocycles. The minimum Gasteiger partial charge on any atom is -0.475 e. The summed E-state index contributed by atoms with van der Waals surface area (Å²) in [5.74, 6) is -3.40. The van der Waals surface area contributed by atoms with E-state index in [2.05, 4.69) is 20.6 Å². The number of hydroxylamine groups is 1. The number of sulfonamides is 1. The molecule has 0 atom stereocenters. The number of benzene rings is 2. The van der Waals surface area contributed by atoms with Crippen molar-refractivity contribution in [3.63, 3.8) is 0 Å². The molecule has 12 nitrogen and oxygen atoms in total. The zero-order valence-electron chi connectivity index (χ0n) is 18.9. The van der Waals surface area contributed by atoms with Crippen LogP contribution in [0.2, 0.25) is 5.02 Å². The molecule has 0 saturated heterocycles. The fraction of sp³-hybridized carbons (Fsp3) is 0.200. The van der Waals surface area contributed by atoms with Gasteiger partial charge in [-0.2, -0.15) is 13.2 Å². The van der Waals surface area contributed by atoms with Crippen LogP contribution < -0.4 is 15.9 Å². The summed E-state index contributed by atoms with van der Waals surface area (Å²) in [5.41, 5.74) is 3.65. The van der Waals surface area contributed by atoms with Gasteiger partial charge in [-0.3, -0.25) is 10.7 Å².